The number of aromatic nitrogens is 1. The molecule has 0 saturated carbocycles. The first-order valence-corrected chi connectivity index (χ1v) is 15.3. The summed E-state index contributed by atoms with van der Waals surface area (Å²) in [7, 11) is 0. The Bertz CT molecular complexity index is 1710. The van der Waals surface area contributed by atoms with Gasteiger partial charge in [-0.25, -0.2) is 9.79 Å². The molecule has 0 aliphatic carbocycles. The SMILES string of the molecule is CCOC(=O)C1=C(c2ccccc2)N=c2s/c(=C\c3ccc(N(CC)CC)o3)c(=O)n2[C@@H]1c1ccc(SC)cc1. The predicted octanol–water partition coefficient (Wildman–Crippen LogP) is 5.10. The van der Waals surface area contributed by atoms with Gasteiger partial charge >= 0.3 is 5.97 Å². The maximum absolute atomic E-state index is 14.0. The van der Waals surface area contributed by atoms with E-state index in [1.165, 1.54) is 11.3 Å². The van der Waals surface area contributed by atoms with Crippen LogP contribution in [0.3, 0.4) is 0 Å². The first-order valence-electron chi connectivity index (χ1n) is 13.3. The quantitative estimate of drug-likeness (QED) is 0.205. The number of hydrogen-bond donors (Lipinski definition) is 0. The van der Waals surface area contributed by atoms with E-state index in [-0.39, 0.29) is 12.2 Å². The van der Waals surface area contributed by atoms with E-state index in [1.807, 2.05) is 73.0 Å². The van der Waals surface area contributed by atoms with Crippen molar-refractivity contribution in [3.63, 3.8) is 0 Å². The highest BCUT2D eigenvalue weighted by Crippen LogP contribution is 2.35. The fourth-order valence-corrected chi connectivity index (χ4v) is 6.19. The zero-order valence-corrected chi connectivity index (χ0v) is 24.6. The summed E-state index contributed by atoms with van der Waals surface area (Å²) in [6.45, 7) is 7.76. The first-order chi connectivity index (χ1) is 19.5. The topological polar surface area (TPSA) is 77.0 Å². The Labute approximate surface area is 241 Å². The van der Waals surface area contributed by atoms with Crippen LogP contribution in [0.25, 0.3) is 11.8 Å². The second kappa shape index (κ2) is 12.1. The van der Waals surface area contributed by atoms with Crippen LogP contribution < -0.4 is 19.8 Å². The van der Waals surface area contributed by atoms with Crippen LogP contribution in [-0.4, -0.2) is 36.5 Å². The Balaban J connectivity index is 1.75. The molecule has 0 N–H and O–H groups in total. The molecule has 2 aromatic carbocycles. The number of thioether (sulfide) groups is 1. The molecule has 206 valence electrons. The Morgan fingerprint density at radius 3 is 2.45 bits per heavy atom. The number of carbonyl (C=O) groups excluding carboxylic acids is 1. The molecule has 1 aliphatic heterocycles. The van der Waals surface area contributed by atoms with Gasteiger partial charge in [-0.05, 0) is 50.8 Å². The Kier molecular flexibility index (Phi) is 8.42. The van der Waals surface area contributed by atoms with Gasteiger partial charge in [0, 0.05) is 35.7 Å². The van der Waals surface area contributed by atoms with Crippen LogP contribution in [0.2, 0.25) is 0 Å². The molecule has 0 spiro atoms. The van der Waals surface area contributed by atoms with Crippen LogP contribution in [-0.2, 0) is 9.53 Å². The molecule has 40 heavy (non-hydrogen) atoms. The second-order valence-corrected chi connectivity index (χ2v) is 10.9. The van der Waals surface area contributed by atoms with Crippen LogP contribution in [0.4, 0.5) is 5.88 Å². The third-order valence-electron chi connectivity index (χ3n) is 6.77. The minimum absolute atomic E-state index is 0.209. The van der Waals surface area contributed by atoms with Crippen LogP contribution in [0, 0.1) is 0 Å². The van der Waals surface area contributed by atoms with Gasteiger partial charge < -0.3 is 14.1 Å². The number of benzene rings is 2. The lowest BCUT2D eigenvalue weighted by molar-refractivity contribution is -0.138. The van der Waals surface area contributed by atoms with E-state index in [1.54, 1.807) is 29.3 Å². The lowest BCUT2D eigenvalue weighted by Gasteiger charge is -2.26. The number of esters is 1. The molecule has 0 amide bonds. The van der Waals surface area contributed by atoms with Gasteiger partial charge in [-0.15, -0.1) is 11.8 Å². The number of nitrogens with zero attached hydrogens (tertiary/aromatic N) is 3. The number of anilines is 1. The lowest BCUT2D eigenvalue weighted by Crippen LogP contribution is -2.40. The van der Waals surface area contributed by atoms with Gasteiger partial charge in [-0.2, -0.15) is 0 Å². The van der Waals surface area contributed by atoms with Crippen molar-refractivity contribution in [3.05, 3.63) is 109 Å². The minimum Gasteiger partial charge on any atom is -0.463 e. The molecule has 1 atom stereocenters. The third-order valence-corrected chi connectivity index (χ3v) is 8.49. The molecule has 1 aliphatic rings. The van der Waals surface area contributed by atoms with Crippen molar-refractivity contribution in [2.45, 2.75) is 31.7 Å². The van der Waals surface area contributed by atoms with Crippen molar-refractivity contribution in [1.29, 1.82) is 0 Å². The van der Waals surface area contributed by atoms with Crippen molar-refractivity contribution in [2.75, 3.05) is 30.9 Å². The molecule has 4 aromatic rings. The molecule has 0 fully saturated rings. The smallest absolute Gasteiger partial charge is 0.338 e. The second-order valence-electron chi connectivity index (χ2n) is 9.05. The first kappa shape index (κ1) is 27.7. The standard InChI is InChI=1S/C31H31N3O4S2/c1-5-33(6-2)25-18-15-22(38-25)19-24-29(35)34-28(21-13-16-23(39-4)17-14-21)26(30(36)37-7-3)27(32-31(34)40-24)20-11-9-8-10-12-20/h8-19,28H,5-7H2,1-4H3/b24-19-/t28-/m1/s1. The highest BCUT2D eigenvalue weighted by Gasteiger charge is 2.35. The molecule has 3 heterocycles. The van der Waals surface area contributed by atoms with Crippen molar-refractivity contribution in [1.82, 2.24) is 4.57 Å². The largest absolute Gasteiger partial charge is 0.463 e. The molecule has 0 unspecified atom stereocenters. The summed E-state index contributed by atoms with van der Waals surface area (Å²) >= 11 is 2.91. The summed E-state index contributed by atoms with van der Waals surface area (Å²) in [5.41, 5.74) is 2.19. The van der Waals surface area contributed by atoms with Crippen molar-refractivity contribution in [2.24, 2.45) is 4.99 Å². The number of carbonyl (C=O) groups is 1. The average molecular weight is 574 g/mol. The number of rotatable bonds is 9. The van der Waals surface area contributed by atoms with Gasteiger partial charge in [-0.1, -0.05) is 53.8 Å². The fraction of sp³-hybridized carbons (Fsp3) is 0.258. The van der Waals surface area contributed by atoms with Crippen LogP contribution in [0.15, 0.2) is 91.4 Å². The van der Waals surface area contributed by atoms with Crippen molar-refractivity contribution < 1.29 is 13.9 Å². The summed E-state index contributed by atoms with van der Waals surface area (Å²) in [6, 6.07) is 20.6. The highest BCUT2D eigenvalue weighted by atomic mass is 32.2. The molecule has 7 nitrogen and oxygen atoms in total. The van der Waals surface area contributed by atoms with Gasteiger partial charge in [0.2, 0.25) is 0 Å². The molecular formula is C31H31N3O4S2. The van der Waals surface area contributed by atoms with Gasteiger partial charge in [-0.3, -0.25) is 9.36 Å². The minimum atomic E-state index is -0.702. The predicted molar refractivity (Wildman–Crippen MR) is 162 cm³/mol. The maximum Gasteiger partial charge on any atom is 0.338 e. The summed E-state index contributed by atoms with van der Waals surface area (Å²) < 4.78 is 13.7. The van der Waals surface area contributed by atoms with E-state index in [0.29, 0.717) is 26.4 Å². The summed E-state index contributed by atoms with van der Waals surface area (Å²) in [6.07, 6.45) is 3.76. The number of fused-ring (bicyclic) bond motifs is 1. The summed E-state index contributed by atoms with van der Waals surface area (Å²) in [4.78, 5) is 36.1. The molecule has 0 saturated heterocycles. The third kappa shape index (κ3) is 5.31. The molecule has 5 rings (SSSR count). The normalized spacial score (nSPS) is 15.1. The molecule has 9 heteroatoms. The highest BCUT2D eigenvalue weighted by molar-refractivity contribution is 7.98. The van der Waals surface area contributed by atoms with E-state index < -0.39 is 12.0 Å². The monoisotopic (exact) mass is 573 g/mol. The average Bonchev–Trinajstić information content (AvgIpc) is 3.57. The Morgan fingerprint density at radius 1 is 1.07 bits per heavy atom. The van der Waals surface area contributed by atoms with E-state index in [9.17, 15) is 9.59 Å². The number of thiazole rings is 1. The maximum atomic E-state index is 14.0. The zero-order chi connectivity index (χ0) is 28.2. The van der Waals surface area contributed by atoms with Crippen LogP contribution >= 0.6 is 23.1 Å². The number of ether oxygens (including phenoxy) is 1. The van der Waals surface area contributed by atoms with Gasteiger partial charge in [0.1, 0.15) is 5.76 Å². The lowest BCUT2D eigenvalue weighted by atomic mass is 9.93. The summed E-state index contributed by atoms with van der Waals surface area (Å²) in [5, 5.41) is 0. The van der Waals surface area contributed by atoms with Gasteiger partial charge in [0.05, 0.1) is 28.5 Å². The number of hydrogen-bond acceptors (Lipinski definition) is 8. The molecular weight excluding hydrogens is 542 g/mol. The van der Waals surface area contributed by atoms with E-state index >= 15 is 0 Å². The Morgan fingerprint density at radius 2 is 1.80 bits per heavy atom. The Hall–Kier alpha value is -3.82. The molecule has 2 aromatic heterocycles. The van der Waals surface area contributed by atoms with Crippen molar-refractivity contribution >= 4 is 46.7 Å². The zero-order valence-electron chi connectivity index (χ0n) is 22.9. The van der Waals surface area contributed by atoms with Crippen LogP contribution in [0.5, 0.6) is 0 Å². The van der Waals surface area contributed by atoms with Crippen molar-refractivity contribution in [3.8, 4) is 0 Å². The van der Waals surface area contributed by atoms with E-state index in [0.717, 1.165) is 35.0 Å². The molecule has 0 bridgehead atoms. The van der Waals surface area contributed by atoms with E-state index in [4.69, 9.17) is 14.1 Å². The fourth-order valence-electron chi connectivity index (χ4n) is 4.80. The molecule has 0 radical (unpaired) electrons. The number of furan rings is 1. The summed E-state index contributed by atoms with van der Waals surface area (Å²) in [5.74, 6) is 0.848. The van der Waals surface area contributed by atoms with Gasteiger partial charge in [0.15, 0.2) is 10.7 Å². The van der Waals surface area contributed by atoms with E-state index in [2.05, 4.69) is 18.7 Å². The van der Waals surface area contributed by atoms with Gasteiger partial charge in [0.25, 0.3) is 5.56 Å². The van der Waals surface area contributed by atoms with Crippen LogP contribution in [0.1, 0.15) is 43.7 Å².